The third-order valence-corrected chi connectivity index (χ3v) is 3.25. The highest BCUT2D eigenvalue weighted by atomic mass is 35.5. The second-order valence-corrected chi connectivity index (χ2v) is 4.87. The molecule has 21 heavy (non-hydrogen) atoms. The minimum absolute atomic E-state index is 0.269. The number of nitriles is 1. The summed E-state index contributed by atoms with van der Waals surface area (Å²) in [6.45, 7) is 1.69. The van der Waals surface area contributed by atoms with Gasteiger partial charge >= 0.3 is 6.18 Å². The number of nitrogens with zero attached hydrogens (tertiary/aromatic N) is 1. The first-order chi connectivity index (χ1) is 9.81. The van der Waals surface area contributed by atoms with Gasteiger partial charge in [0.05, 0.1) is 27.9 Å². The first-order valence-corrected chi connectivity index (χ1v) is 6.33. The molecule has 1 N–H and O–H groups in total. The number of rotatable bonds is 2. The molecule has 0 aliphatic heterocycles. The Kier molecular flexibility index (Phi) is 4.10. The average Bonchev–Trinajstić information content (AvgIpc) is 2.42. The van der Waals surface area contributed by atoms with E-state index in [0.717, 1.165) is 12.1 Å². The standard InChI is InChI=1S/C15H10ClF3N2/c1-9-2-4-11(15(17,18)19)7-14(9)21-13-5-3-10(8-20)6-12(13)16/h2-7,21H,1H3. The van der Waals surface area contributed by atoms with Crippen LogP contribution in [-0.4, -0.2) is 0 Å². The summed E-state index contributed by atoms with van der Waals surface area (Å²) in [6.07, 6.45) is -4.40. The second kappa shape index (κ2) is 5.66. The minimum atomic E-state index is -4.40. The zero-order chi connectivity index (χ0) is 15.6. The molecule has 0 aliphatic rings. The van der Waals surface area contributed by atoms with E-state index in [1.165, 1.54) is 18.2 Å². The van der Waals surface area contributed by atoms with Crippen molar-refractivity contribution in [3.05, 3.63) is 58.1 Å². The SMILES string of the molecule is Cc1ccc(C(F)(F)F)cc1Nc1ccc(C#N)cc1Cl. The summed E-state index contributed by atoms with van der Waals surface area (Å²) in [7, 11) is 0. The fourth-order valence-electron chi connectivity index (χ4n) is 1.76. The van der Waals surface area contributed by atoms with Gasteiger partial charge in [-0.3, -0.25) is 0 Å². The molecule has 6 heteroatoms. The molecule has 2 aromatic carbocycles. The molecule has 2 nitrogen and oxygen atoms in total. The first-order valence-electron chi connectivity index (χ1n) is 5.96. The summed E-state index contributed by atoms with van der Waals surface area (Å²) < 4.78 is 38.2. The number of hydrogen-bond donors (Lipinski definition) is 1. The fraction of sp³-hybridized carbons (Fsp3) is 0.133. The zero-order valence-corrected chi connectivity index (χ0v) is 11.7. The van der Waals surface area contributed by atoms with Crippen LogP contribution >= 0.6 is 11.6 Å². The van der Waals surface area contributed by atoms with Crippen LogP contribution in [0.2, 0.25) is 5.02 Å². The van der Waals surface area contributed by atoms with Crippen molar-refractivity contribution in [2.75, 3.05) is 5.32 Å². The molecule has 0 saturated heterocycles. The third-order valence-electron chi connectivity index (χ3n) is 2.93. The van der Waals surface area contributed by atoms with Crippen molar-refractivity contribution in [2.24, 2.45) is 0 Å². The van der Waals surface area contributed by atoms with Crippen LogP contribution in [0.25, 0.3) is 0 Å². The summed E-state index contributed by atoms with van der Waals surface area (Å²) in [6, 6.07) is 9.94. The summed E-state index contributed by atoms with van der Waals surface area (Å²) in [5.41, 5.74) is 1.06. The highest BCUT2D eigenvalue weighted by Crippen LogP contribution is 2.34. The molecule has 0 saturated carbocycles. The second-order valence-electron chi connectivity index (χ2n) is 4.46. The molecule has 0 unspecified atom stereocenters. The number of alkyl halides is 3. The zero-order valence-electron chi connectivity index (χ0n) is 10.9. The van der Waals surface area contributed by atoms with E-state index in [-0.39, 0.29) is 5.02 Å². The van der Waals surface area contributed by atoms with Crippen molar-refractivity contribution in [3.8, 4) is 6.07 Å². The van der Waals surface area contributed by atoms with Crippen LogP contribution in [0.15, 0.2) is 36.4 Å². The van der Waals surface area contributed by atoms with Crippen LogP contribution in [-0.2, 0) is 6.18 Å². The van der Waals surface area contributed by atoms with Crippen LogP contribution in [0, 0.1) is 18.3 Å². The van der Waals surface area contributed by atoms with Crippen LogP contribution in [0.1, 0.15) is 16.7 Å². The van der Waals surface area contributed by atoms with Crippen molar-refractivity contribution >= 4 is 23.0 Å². The van der Waals surface area contributed by atoms with E-state index in [4.69, 9.17) is 16.9 Å². The molecular weight excluding hydrogens is 301 g/mol. The van der Waals surface area contributed by atoms with Gasteiger partial charge in [-0.05, 0) is 42.8 Å². The highest BCUT2D eigenvalue weighted by molar-refractivity contribution is 6.33. The number of anilines is 2. The number of benzene rings is 2. The molecule has 0 radical (unpaired) electrons. The Morgan fingerprint density at radius 3 is 2.38 bits per heavy atom. The maximum atomic E-state index is 12.7. The lowest BCUT2D eigenvalue weighted by atomic mass is 10.1. The van der Waals surface area contributed by atoms with E-state index in [0.29, 0.717) is 22.5 Å². The van der Waals surface area contributed by atoms with Crippen molar-refractivity contribution in [1.82, 2.24) is 0 Å². The number of nitrogens with one attached hydrogen (secondary N) is 1. The van der Waals surface area contributed by atoms with Crippen LogP contribution in [0.5, 0.6) is 0 Å². The van der Waals surface area contributed by atoms with Gasteiger partial charge in [0, 0.05) is 5.69 Å². The monoisotopic (exact) mass is 310 g/mol. The Morgan fingerprint density at radius 1 is 1.10 bits per heavy atom. The summed E-state index contributed by atoms with van der Waals surface area (Å²) in [5.74, 6) is 0. The number of halogens is 4. The Balaban J connectivity index is 2.38. The van der Waals surface area contributed by atoms with Crippen LogP contribution in [0.3, 0.4) is 0 Å². The van der Waals surface area contributed by atoms with E-state index in [9.17, 15) is 13.2 Å². The summed E-state index contributed by atoms with van der Waals surface area (Å²) in [4.78, 5) is 0. The minimum Gasteiger partial charge on any atom is -0.354 e. The topological polar surface area (TPSA) is 35.8 Å². The maximum absolute atomic E-state index is 12.7. The number of hydrogen-bond acceptors (Lipinski definition) is 2. The Labute approximate surface area is 124 Å². The van der Waals surface area contributed by atoms with Crippen molar-refractivity contribution < 1.29 is 13.2 Å². The van der Waals surface area contributed by atoms with E-state index < -0.39 is 11.7 Å². The normalized spacial score (nSPS) is 11.0. The van der Waals surface area contributed by atoms with Gasteiger partial charge < -0.3 is 5.32 Å². The van der Waals surface area contributed by atoms with Gasteiger partial charge in [0.15, 0.2) is 0 Å². The van der Waals surface area contributed by atoms with Crippen LogP contribution < -0.4 is 5.32 Å². The Morgan fingerprint density at radius 2 is 1.81 bits per heavy atom. The molecular formula is C15H10ClF3N2. The smallest absolute Gasteiger partial charge is 0.354 e. The lowest BCUT2D eigenvalue weighted by Crippen LogP contribution is -2.06. The van der Waals surface area contributed by atoms with E-state index in [2.05, 4.69) is 5.32 Å². The van der Waals surface area contributed by atoms with Gasteiger partial charge in [-0.15, -0.1) is 0 Å². The first kappa shape index (κ1) is 15.2. The Bertz CT molecular complexity index is 718. The molecule has 0 amide bonds. The molecule has 108 valence electrons. The Hall–Kier alpha value is -2.19. The van der Waals surface area contributed by atoms with E-state index >= 15 is 0 Å². The summed E-state index contributed by atoms with van der Waals surface area (Å²) >= 11 is 6.00. The van der Waals surface area contributed by atoms with Gasteiger partial charge in [-0.2, -0.15) is 18.4 Å². The van der Waals surface area contributed by atoms with Crippen molar-refractivity contribution in [1.29, 1.82) is 5.26 Å². The molecule has 0 aromatic heterocycles. The van der Waals surface area contributed by atoms with Gasteiger partial charge in [0.25, 0.3) is 0 Å². The molecule has 0 spiro atoms. The molecule has 0 bridgehead atoms. The third kappa shape index (κ3) is 3.47. The highest BCUT2D eigenvalue weighted by Gasteiger charge is 2.30. The van der Waals surface area contributed by atoms with Gasteiger partial charge in [-0.25, -0.2) is 0 Å². The fourth-order valence-corrected chi connectivity index (χ4v) is 1.99. The molecule has 0 heterocycles. The molecule has 0 atom stereocenters. The van der Waals surface area contributed by atoms with Gasteiger partial charge in [-0.1, -0.05) is 17.7 Å². The predicted molar refractivity (Wildman–Crippen MR) is 75.6 cm³/mol. The average molecular weight is 311 g/mol. The number of aryl methyl sites for hydroxylation is 1. The predicted octanol–water partition coefficient (Wildman–Crippen LogP) is 5.28. The van der Waals surface area contributed by atoms with E-state index in [1.54, 1.807) is 13.0 Å². The molecule has 0 aliphatic carbocycles. The quantitative estimate of drug-likeness (QED) is 0.819. The van der Waals surface area contributed by atoms with Crippen LogP contribution in [0.4, 0.5) is 24.5 Å². The molecule has 0 fully saturated rings. The summed E-state index contributed by atoms with van der Waals surface area (Å²) in [5, 5.41) is 11.9. The largest absolute Gasteiger partial charge is 0.416 e. The van der Waals surface area contributed by atoms with Gasteiger partial charge in [0.1, 0.15) is 0 Å². The van der Waals surface area contributed by atoms with Gasteiger partial charge in [0.2, 0.25) is 0 Å². The lowest BCUT2D eigenvalue weighted by Gasteiger charge is -2.14. The maximum Gasteiger partial charge on any atom is 0.416 e. The van der Waals surface area contributed by atoms with Crippen molar-refractivity contribution in [2.45, 2.75) is 13.1 Å². The van der Waals surface area contributed by atoms with Crippen molar-refractivity contribution in [3.63, 3.8) is 0 Å². The lowest BCUT2D eigenvalue weighted by molar-refractivity contribution is -0.137. The molecule has 2 rings (SSSR count). The van der Waals surface area contributed by atoms with E-state index in [1.807, 2.05) is 6.07 Å². The molecule has 2 aromatic rings.